The molecule has 0 unspecified atom stereocenters. The highest BCUT2D eigenvalue weighted by Crippen LogP contribution is 2.36. The van der Waals surface area contributed by atoms with Crippen molar-refractivity contribution in [3.8, 4) is 0 Å². The van der Waals surface area contributed by atoms with Gasteiger partial charge in [0.1, 0.15) is 6.10 Å². The molecular weight excluding hydrogens is 296 g/mol. The van der Waals surface area contributed by atoms with E-state index in [2.05, 4.69) is 32.1 Å². The third-order valence-electron chi connectivity index (χ3n) is 4.17. The Morgan fingerprint density at radius 1 is 1.48 bits per heavy atom. The van der Waals surface area contributed by atoms with Gasteiger partial charge in [0.25, 0.3) is 0 Å². The van der Waals surface area contributed by atoms with Gasteiger partial charge in [-0.15, -0.1) is 0 Å². The normalized spacial score (nSPS) is 29.1. The number of methoxy groups -OCH3 is 1. The maximum atomic E-state index is 10.8. The fourth-order valence-corrected chi connectivity index (χ4v) is 2.82. The third-order valence-corrected chi connectivity index (χ3v) is 4.17. The zero-order valence-electron chi connectivity index (χ0n) is 14.7. The Bertz CT molecular complexity index is 429. The van der Waals surface area contributed by atoms with Crippen molar-refractivity contribution < 1.29 is 24.4 Å². The van der Waals surface area contributed by atoms with Crippen molar-refractivity contribution >= 4 is 5.97 Å². The van der Waals surface area contributed by atoms with Crippen molar-refractivity contribution in [3.63, 3.8) is 0 Å². The molecule has 1 aliphatic heterocycles. The van der Waals surface area contributed by atoms with Gasteiger partial charge < -0.3 is 9.84 Å². The first kappa shape index (κ1) is 19.9. The summed E-state index contributed by atoms with van der Waals surface area (Å²) in [6.07, 6.45) is 10.3. The Morgan fingerprint density at radius 3 is 2.78 bits per heavy atom. The molecule has 0 amide bonds. The van der Waals surface area contributed by atoms with E-state index in [0.717, 1.165) is 19.3 Å². The second-order valence-electron chi connectivity index (χ2n) is 6.26. The third kappa shape index (κ3) is 6.85. The number of unbranched alkanes of at least 4 members (excludes halogenated alkanes) is 1. The van der Waals surface area contributed by atoms with Gasteiger partial charge in [0.2, 0.25) is 5.79 Å². The number of hydrogen-bond donors (Lipinski definition) is 1. The van der Waals surface area contributed by atoms with Gasteiger partial charge in [-0.25, -0.2) is 9.78 Å². The lowest BCUT2D eigenvalue weighted by molar-refractivity contribution is -0.475. The first-order valence-corrected chi connectivity index (χ1v) is 8.37. The minimum absolute atomic E-state index is 0.0489. The molecule has 0 spiro atoms. The van der Waals surface area contributed by atoms with Gasteiger partial charge in [0, 0.05) is 20.0 Å². The number of aliphatic carboxylic acids is 1. The molecule has 3 atom stereocenters. The molecule has 1 fully saturated rings. The predicted octanol–water partition coefficient (Wildman–Crippen LogP) is 4.24. The highest BCUT2D eigenvalue weighted by molar-refractivity contribution is 5.67. The second-order valence-corrected chi connectivity index (χ2v) is 6.26. The van der Waals surface area contributed by atoms with Crippen LogP contribution in [0.4, 0.5) is 0 Å². The maximum Gasteiger partial charge on any atom is 0.306 e. The van der Waals surface area contributed by atoms with Crippen molar-refractivity contribution in [1.82, 2.24) is 0 Å². The number of carboxylic acids is 1. The fraction of sp³-hybridized carbons (Fsp3) is 0.722. The maximum absolute atomic E-state index is 10.8. The van der Waals surface area contributed by atoms with Crippen LogP contribution in [-0.4, -0.2) is 30.1 Å². The molecule has 23 heavy (non-hydrogen) atoms. The molecule has 0 aromatic carbocycles. The lowest BCUT2D eigenvalue weighted by atomic mass is 9.90. The van der Waals surface area contributed by atoms with Gasteiger partial charge in [-0.2, -0.15) is 0 Å². The van der Waals surface area contributed by atoms with E-state index in [1.165, 1.54) is 5.57 Å². The first-order valence-electron chi connectivity index (χ1n) is 8.37. The molecular formula is C18H30O5. The smallest absolute Gasteiger partial charge is 0.306 e. The Balaban J connectivity index is 2.44. The van der Waals surface area contributed by atoms with E-state index in [-0.39, 0.29) is 12.3 Å². The number of ether oxygens (including phenoxy) is 1. The molecule has 1 saturated heterocycles. The average Bonchev–Trinajstić information content (AvgIpc) is 2.49. The monoisotopic (exact) mass is 326 g/mol. The molecule has 5 nitrogen and oxygen atoms in total. The standard InChI is InChI=1S/C18H30O5/c1-5-9-14(2)10-7-6-8-11-18(21-4)13-15(3)16(22-23-18)12-17(19)20/h7,9-10,15-16H,5-6,8,11-13H2,1-4H3,(H,19,20)/t15-,16-,18+/m0/s1. The van der Waals surface area contributed by atoms with E-state index < -0.39 is 17.9 Å². The number of allylic oxidation sites excluding steroid dienone is 4. The summed E-state index contributed by atoms with van der Waals surface area (Å²) in [5.41, 5.74) is 1.27. The van der Waals surface area contributed by atoms with Crippen molar-refractivity contribution in [2.75, 3.05) is 7.11 Å². The average molecular weight is 326 g/mol. The second kappa shape index (κ2) is 9.85. The minimum atomic E-state index is -0.879. The van der Waals surface area contributed by atoms with Crippen LogP contribution in [0.3, 0.4) is 0 Å². The quantitative estimate of drug-likeness (QED) is 0.390. The Morgan fingerprint density at radius 2 is 2.22 bits per heavy atom. The zero-order valence-corrected chi connectivity index (χ0v) is 14.7. The van der Waals surface area contributed by atoms with Crippen molar-refractivity contribution in [1.29, 1.82) is 0 Å². The van der Waals surface area contributed by atoms with Crippen LogP contribution in [-0.2, 0) is 19.3 Å². The van der Waals surface area contributed by atoms with Crippen LogP contribution in [0.1, 0.15) is 59.3 Å². The van der Waals surface area contributed by atoms with Gasteiger partial charge in [-0.3, -0.25) is 4.79 Å². The van der Waals surface area contributed by atoms with Crippen molar-refractivity contribution in [2.24, 2.45) is 5.92 Å². The summed E-state index contributed by atoms with van der Waals surface area (Å²) < 4.78 is 5.54. The summed E-state index contributed by atoms with van der Waals surface area (Å²) in [4.78, 5) is 21.6. The first-order chi connectivity index (χ1) is 10.9. The van der Waals surface area contributed by atoms with Crippen LogP contribution in [0.15, 0.2) is 23.8 Å². The van der Waals surface area contributed by atoms with Crippen LogP contribution in [0.25, 0.3) is 0 Å². The molecule has 5 heteroatoms. The van der Waals surface area contributed by atoms with Gasteiger partial charge in [0.15, 0.2) is 0 Å². The summed E-state index contributed by atoms with van der Waals surface area (Å²) in [7, 11) is 1.61. The highest BCUT2D eigenvalue weighted by Gasteiger charge is 2.42. The van der Waals surface area contributed by atoms with E-state index >= 15 is 0 Å². The van der Waals surface area contributed by atoms with E-state index in [9.17, 15) is 4.79 Å². The summed E-state index contributed by atoms with van der Waals surface area (Å²) in [6, 6.07) is 0. The molecule has 1 N–H and O–H groups in total. The molecule has 1 heterocycles. The zero-order chi connectivity index (χ0) is 17.3. The molecule has 0 bridgehead atoms. The van der Waals surface area contributed by atoms with E-state index in [4.69, 9.17) is 19.6 Å². The van der Waals surface area contributed by atoms with Crippen LogP contribution in [0.2, 0.25) is 0 Å². The van der Waals surface area contributed by atoms with Gasteiger partial charge >= 0.3 is 5.97 Å². The lowest BCUT2D eigenvalue weighted by Gasteiger charge is -2.40. The summed E-state index contributed by atoms with van der Waals surface area (Å²) in [5.74, 6) is -1.57. The Labute approximate surface area is 139 Å². The van der Waals surface area contributed by atoms with E-state index in [0.29, 0.717) is 12.8 Å². The van der Waals surface area contributed by atoms with Crippen LogP contribution >= 0.6 is 0 Å². The summed E-state index contributed by atoms with van der Waals surface area (Å²) in [6.45, 7) is 6.20. The molecule has 0 aliphatic carbocycles. The molecule has 0 saturated carbocycles. The van der Waals surface area contributed by atoms with Gasteiger partial charge in [0.05, 0.1) is 6.42 Å². The van der Waals surface area contributed by atoms with Crippen LogP contribution in [0, 0.1) is 5.92 Å². The molecule has 132 valence electrons. The largest absolute Gasteiger partial charge is 0.481 e. The molecule has 1 aliphatic rings. The van der Waals surface area contributed by atoms with Gasteiger partial charge in [-0.05, 0) is 32.1 Å². The van der Waals surface area contributed by atoms with E-state index in [1.54, 1.807) is 7.11 Å². The molecule has 0 radical (unpaired) electrons. The van der Waals surface area contributed by atoms with Gasteiger partial charge in [-0.1, -0.05) is 37.6 Å². The summed E-state index contributed by atoms with van der Waals surface area (Å²) in [5, 5.41) is 8.88. The topological polar surface area (TPSA) is 65.0 Å². The molecule has 1 rings (SSSR count). The fourth-order valence-electron chi connectivity index (χ4n) is 2.82. The Kier molecular flexibility index (Phi) is 8.52. The predicted molar refractivity (Wildman–Crippen MR) is 88.8 cm³/mol. The number of rotatable bonds is 9. The highest BCUT2D eigenvalue weighted by atomic mass is 17.2. The van der Waals surface area contributed by atoms with Crippen molar-refractivity contribution in [3.05, 3.63) is 23.8 Å². The SMILES string of the molecule is CCC=C(C)C=CCCC[C@]1(OC)C[C@H](C)[C@H](CC(=O)O)OO1. The van der Waals surface area contributed by atoms with E-state index in [1.807, 2.05) is 6.92 Å². The van der Waals surface area contributed by atoms with Crippen LogP contribution in [0.5, 0.6) is 0 Å². The number of carbonyl (C=O) groups is 1. The Hall–Kier alpha value is -1.17. The van der Waals surface area contributed by atoms with Crippen LogP contribution < -0.4 is 0 Å². The summed E-state index contributed by atoms with van der Waals surface area (Å²) >= 11 is 0. The minimum Gasteiger partial charge on any atom is -0.481 e. The lowest BCUT2D eigenvalue weighted by Crippen LogP contribution is -2.46. The number of carboxylic acid groups (broad SMARTS) is 1. The molecule has 0 aromatic heterocycles. The van der Waals surface area contributed by atoms with Crippen molar-refractivity contribution in [2.45, 2.75) is 71.2 Å². The number of hydrogen-bond acceptors (Lipinski definition) is 4. The molecule has 0 aromatic rings.